The maximum absolute atomic E-state index is 13.4. The lowest BCUT2D eigenvalue weighted by Crippen LogP contribution is -2.13. The molecule has 1 N–H and O–H groups in total. The van der Waals surface area contributed by atoms with Crippen LogP contribution < -0.4 is 5.32 Å². The van der Waals surface area contributed by atoms with Gasteiger partial charge in [-0.15, -0.1) is 0 Å². The van der Waals surface area contributed by atoms with Crippen LogP contribution in [0.3, 0.4) is 0 Å². The third kappa shape index (κ3) is 3.32. The van der Waals surface area contributed by atoms with Crippen molar-refractivity contribution in [3.8, 4) is 0 Å². The van der Waals surface area contributed by atoms with Crippen molar-refractivity contribution in [2.24, 2.45) is 0 Å². The maximum atomic E-state index is 13.4. The van der Waals surface area contributed by atoms with Crippen molar-refractivity contribution < 1.29 is 9.18 Å². The van der Waals surface area contributed by atoms with E-state index in [-0.39, 0.29) is 15.6 Å². The average molecular weight is 377 g/mol. The van der Waals surface area contributed by atoms with Crippen LogP contribution in [0.5, 0.6) is 0 Å². The predicted octanol–water partition coefficient (Wildman–Crippen LogP) is 5.46. The first-order valence-corrected chi connectivity index (χ1v) is 7.15. The molecule has 2 nitrogen and oxygen atoms in total. The van der Waals surface area contributed by atoms with Crippen molar-refractivity contribution in [2.45, 2.75) is 6.92 Å². The molecule has 20 heavy (non-hydrogen) atoms. The summed E-state index contributed by atoms with van der Waals surface area (Å²) in [5, 5.41) is 2.67. The summed E-state index contributed by atoms with van der Waals surface area (Å²) in [6.07, 6.45) is 0. The molecule has 0 radical (unpaired) electrons. The number of halogens is 4. The van der Waals surface area contributed by atoms with Crippen LogP contribution in [0.2, 0.25) is 10.0 Å². The number of carbonyl (C=O) groups excluding carboxylic acids is 1. The molecule has 0 aliphatic rings. The van der Waals surface area contributed by atoms with Crippen LogP contribution in [0.1, 0.15) is 15.9 Å². The minimum Gasteiger partial charge on any atom is -0.322 e. The number of benzene rings is 2. The van der Waals surface area contributed by atoms with Crippen molar-refractivity contribution in [2.75, 3.05) is 5.32 Å². The van der Waals surface area contributed by atoms with E-state index in [1.807, 2.05) is 13.0 Å². The van der Waals surface area contributed by atoms with Gasteiger partial charge in [0.15, 0.2) is 0 Å². The van der Waals surface area contributed by atoms with Gasteiger partial charge < -0.3 is 5.32 Å². The zero-order chi connectivity index (χ0) is 14.9. The first-order valence-electron chi connectivity index (χ1n) is 5.60. The number of carbonyl (C=O) groups is 1. The molecule has 0 fully saturated rings. The second-order valence-corrected chi connectivity index (χ2v) is 5.89. The number of amides is 1. The summed E-state index contributed by atoms with van der Waals surface area (Å²) in [4.78, 5) is 12.1. The minimum absolute atomic E-state index is 0.0379. The lowest BCUT2D eigenvalue weighted by molar-refractivity contribution is 0.102. The highest BCUT2D eigenvalue weighted by molar-refractivity contribution is 9.10. The van der Waals surface area contributed by atoms with Gasteiger partial charge in [-0.3, -0.25) is 4.79 Å². The average Bonchev–Trinajstić information content (AvgIpc) is 2.37. The molecule has 0 spiro atoms. The Balaban J connectivity index is 2.31. The van der Waals surface area contributed by atoms with Crippen molar-refractivity contribution >= 4 is 50.7 Å². The van der Waals surface area contributed by atoms with Crippen LogP contribution in [-0.4, -0.2) is 5.91 Å². The lowest BCUT2D eigenvalue weighted by atomic mass is 10.1. The van der Waals surface area contributed by atoms with Crippen LogP contribution in [0, 0.1) is 12.7 Å². The van der Waals surface area contributed by atoms with Gasteiger partial charge in [-0.25, -0.2) is 4.39 Å². The Bertz CT molecular complexity index is 691. The molecular weight excluding hydrogens is 368 g/mol. The maximum Gasteiger partial charge on any atom is 0.257 e. The molecule has 0 saturated heterocycles. The second-order valence-electron chi connectivity index (χ2n) is 4.16. The van der Waals surface area contributed by atoms with Crippen LogP contribution in [-0.2, 0) is 0 Å². The Kier molecular flexibility index (Phi) is 4.68. The molecule has 0 atom stereocenters. The fourth-order valence-electron chi connectivity index (χ4n) is 1.65. The molecule has 0 saturated carbocycles. The number of hydrogen-bond acceptors (Lipinski definition) is 1. The van der Waals surface area contributed by atoms with E-state index >= 15 is 0 Å². The highest BCUT2D eigenvalue weighted by Crippen LogP contribution is 2.26. The molecule has 2 aromatic carbocycles. The summed E-state index contributed by atoms with van der Waals surface area (Å²) in [6, 6.07) is 7.64. The number of rotatable bonds is 2. The van der Waals surface area contributed by atoms with E-state index in [1.165, 1.54) is 6.07 Å². The fraction of sp³-hybridized carbons (Fsp3) is 0.0714. The summed E-state index contributed by atoms with van der Waals surface area (Å²) in [5.74, 6) is -1.18. The van der Waals surface area contributed by atoms with Gasteiger partial charge in [0.2, 0.25) is 0 Å². The molecule has 0 heterocycles. The van der Waals surface area contributed by atoms with Crippen molar-refractivity contribution in [3.63, 3.8) is 0 Å². The van der Waals surface area contributed by atoms with Crippen LogP contribution >= 0.6 is 39.1 Å². The summed E-state index contributed by atoms with van der Waals surface area (Å²) < 4.78 is 14.3. The van der Waals surface area contributed by atoms with E-state index in [1.54, 1.807) is 12.1 Å². The Morgan fingerprint density at radius 2 is 1.90 bits per heavy atom. The fourth-order valence-corrected chi connectivity index (χ4v) is 2.60. The molecule has 104 valence electrons. The molecule has 0 aliphatic heterocycles. The van der Waals surface area contributed by atoms with Crippen LogP contribution in [0.4, 0.5) is 10.1 Å². The standard InChI is InChI=1S/C14H9BrCl2FNO/c1-7-4-8(15)2-3-13(7)19-14(20)9-5-12(18)11(17)6-10(9)16/h2-6H,1H3,(H,19,20). The van der Waals surface area contributed by atoms with Crippen molar-refractivity contribution in [1.29, 1.82) is 0 Å². The van der Waals surface area contributed by atoms with E-state index < -0.39 is 11.7 Å². The first kappa shape index (κ1) is 15.3. The summed E-state index contributed by atoms with van der Waals surface area (Å²) in [7, 11) is 0. The Hall–Kier alpha value is -1.10. The molecule has 2 rings (SSSR count). The Labute approximate surface area is 134 Å². The van der Waals surface area contributed by atoms with Gasteiger partial charge >= 0.3 is 0 Å². The molecule has 1 amide bonds. The number of aryl methyl sites for hydroxylation is 1. The quantitative estimate of drug-likeness (QED) is 0.693. The smallest absolute Gasteiger partial charge is 0.257 e. The first-order chi connectivity index (χ1) is 9.38. The SMILES string of the molecule is Cc1cc(Br)ccc1NC(=O)c1cc(F)c(Cl)cc1Cl. The van der Waals surface area contributed by atoms with E-state index in [0.29, 0.717) is 5.69 Å². The van der Waals surface area contributed by atoms with Gasteiger partial charge in [0.25, 0.3) is 5.91 Å². The predicted molar refractivity (Wildman–Crippen MR) is 83.3 cm³/mol. The molecule has 6 heteroatoms. The number of nitrogens with one attached hydrogen (secondary N) is 1. The zero-order valence-corrected chi connectivity index (χ0v) is 13.4. The third-order valence-corrected chi connectivity index (χ3v) is 3.79. The summed E-state index contributed by atoms with van der Waals surface area (Å²) in [6.45, 7) is 1.85. The topological polar surface area (TPSA) is 29.1 Å². The zero-order valence-electron chi connectivity index (χ0n) is 10.3. The third-order valence-electron chi connectivity index (χ3n) is 2.69. The number of anilines is 1. The van der Waals surface area contributed by atoms with E-state index in [4.69, 9.17) is 23.2 Å². The van der Waals surface area contributed by atoms with Gasteiger partial charge in [0, 0.05) is 10.2 Å². The van der Waals surface area contributed by atoms with Crippen molar-refractivity contribution in [1.82, 2.24) is 0 Å². The largest absolute Gasteiger partial charge is 0.322 e. The highest BCUT2D eigenvalue weighted by Gasteiger charge is 2.15. The van der Waals surface area contributed by atoms with E-state index in [2.05, 4.69) is 21.2 Å². The molecule has 0 aromatic heterocycles. The van der Waals surface area contributed by atoms with Gasteiger partial charge in [-0.2, -0.15) is 0 Å². The van der Waals surface area contributed by atoms with Gasteiger partial charge in [0.05, 0.1) is 15.6 Å². The van der Waals surface area contributed by atoms with Crippen LogP contribution in [0.15, 0.2) is 34.8 Å². The molecule has 0 bridgehead atoms. The lowest BCUT2D eigenvalue weighted by Gasteiger charge is -2.10. The Morgan fingerprint density at radius 3 is 2.55 bits per heavy atom. The molecular formula is C14H9BrCl2FNO. The number of hydrogen-bond donors (Lipinski definition) is 1. The van der Waals surface area contributed by atoms with Gasteiger partial charge in [-0.1, -0.05) is 39.1 Å². The normalized spacial score (nSPS) is 10.4. The van der Waals surface area contributed by atoms with Gasteiger partial charge in [0.1, 0.15) is 5.82 Å². The minimum atomic E-state index is -0.686. The summed E-state index contributed by atoms with van der Waals surface area (Å²) >= 11 is 14.8. The second kappa shape index (κ2) is 6.12. The molecule has 0 unspecified atom stereocenters. The highest BCUT2D eigenvalue weighted by atomic mass is 79.9. The van der Waals surface area contributed by atoms with Gasteiger partial charge in [-0.05, 0) is 42.8 Å². The summed E-state index contributed by atoms with van der Waals surface area (Å²) in [5.41, 5.74) is 1.54. The Morgan fingerprint density at radius 1 is 1.20 bits per heavy atom. The van der Waals surface area contributed by atoms with E-state index in [0.717, 1.165) is 16.1 Å². The van der Waals surface area contributed by atoms with Crippen LogP contribution in [0.25, 0.3) is 0 Å². The molecule has 0 aliphatic carbocycles. The monoisotopic (exact) mass is 375 g/mol. The molecule has 2 aromatic rings. The van der Waals surface area contributed by atoms with E-state index in [9.17, 15) is 9.18 Å². The van der Waals surface area contributed by atoms with Crippen molar-refractivity contribution in [3.05, 3.63) is 61.8 Å².